The van der Waals surface area contributed by atoms with Gasteiger partial charge >= 0.3 is 5.69 Å². The zero-order valence-electron chi connectivity index (χ0n) is 16.5. The largest absolute Gasteiger partial charge is 0.333 e. The Bertz CT molecular complexity index is 1230. The van der Waals surface area contributed by atoms with Crippen LogP contribution >= 0.6 is 0 Å². The molecule has 0 atom stereocenters. The van der Waals surface area contributed by atoms with Crippen LogP contribution in [0.2, 0.25) is 0 Å². The van der Waals surface area contributed by atoms with Crippen molar-refractivity contribution in [1.29, 1.82) is 5.26 Å². The molecule has 0 radical (unpaired) electrons. The van der Waals surface area contributed by atoms with Gasteiger partial charge in [-0.25, -0.2) is 9.78 Å². The molecule has 0 saturated heterocycles. The van der Waals surface area contributed by atoms with E-state index in [0.717, 1.165) is 16.6 Å². The van der Waals surface area contributed by atoms with Crippen LogP contribution in [0.1, 0.15) is 35.0 Å². The van der Waals surface area contributed by atoms with Gasteiger partial charge in [-0.1, -0.05) is 19.1 Å². The summed E-state index contributed by atoms with van der Waals surface area (Å²) < 4.78 is 2.28. The molecule has 3 rings (SSSR count). The molecule has 29 heavy (non-hydrogen) atoms. The fourth-order valence-electron chi connectivity index (χ4n) is 3.16. The Kier molecular flexibility index (Phi) is 5.59. The number of nitrogens with zero attached hydrogens (tertiary/aromatic N) is 5. The first-order chi connectivity index (χ1) is 13.9. The quantitative estimate of drug-likeness (QED) is 0.657. The molecule has 0 bridgehead atoms. The van der Waals surface area contributed by atoms with Crippen molar-refractivity contribution < 1.29 is 4.79 Å². The Morgan fingerprint density at radius 1 is 1.10 bits per heavy atom. The summed E-state index contributed by atoms with van der Waals surface area (Å²) in [5, 5.41) is 9.20. The van der Waals surface area contributed by atoms with Crippen LogP contribution in [0, 0.1) is 11.3 Å². The highest BCUT2D eigenvalue weighted by molar-refractivity contribution is 5.94. The molecule has 1 aromatic carbocycles. The first-order valence-electron chi connectivity index (χ1n) is 9.22. The zero-order chi connectivity index (χ0) is 21.1. The van der Waals surface area contributed by atoms with Crippen molar-refractivity contribution in [2.45, 2.75) is 19.9 Å². The number of carbonyl (C=O) groups excluding carboxylic acids is 1. The molecule has 3 aromatic rings. The Hall–Kier alpha value is -3.73. The SMILES string of the molecule is CCCN(Cc1ccc(C#N)cc1)C(=O)c1ccc2c(=O)n(C)c(=O)n(C)c2n1. The minimum Gasteiger partial charge on any atom is -0.333 e. The van der Waals surface area contributed by atoms with Crippen LogP contribution in [0.4, 0.5) is 0 Å². The first kappa shape index (κ1) is 20.0. The predicted molar refractivity (Wildman–Crippen MR) is 108 cm³/mol. The normalized spacial score (nSPS) is 10.7. The summed E-state index contributed by atoms with van der Waals surface area (Å²) in [6, 6.07) is 12.2. The van der Waals surface area contributed by atoms with E-state index in [4.69, 9.17) is 5.26 Å². The number of hydrogen-bond acceptors (Lipinski definition) is 5. The number of carbonyl (C=O) groups is 1. The summed E-state index contributed by atoms with van der Waals surface area (Å²) in [7, 11) is 2.93. The maximum Gasteiger partial charge on any atom is 0.332 e. The molecule has 0 saturated carbocycles. The van der Waals surface area contributed by atoms with Crippen molar-refractivity contribution >= 4 is 16.9 Å². The summed E-state index contributed by atoms with van der Waals surface area (Å²) in [6.45, 7) is 2.86. The third-order valence-corrected chi connectivity index (χ3v) is 4.76. The van der Waals surface area contributed by atoms with Crippen LogP contribution in [0.3, 0.4) is 0 Å². The van der Waals surface area contributed by atoms with E-state index in [2.05, 4.69) is 11.1 Å². The molecule has 8 nitrogen and oxygen atoms in total. The average molecular weight is 391 g/mol. The van der Waals surface area contributed by atoms with Crippen LogP contribution in [0.5, 0.6) is 0 Å². The number of fused-ring (bicyclic) bond motifs is 1. The van der Waals surface area contributed by atoms with Crippen LogP contribution in [0.15, 0.2) is 46.0 Å². The Balaban J connectivity index is 1.99. The van der Waals surface area contributed by atoms with Crippen molar-refractivity contribution in [2.75, 3.05) is 6.54 Å². The second-order valence-electron chi connectivity index (χ2n) is 6.81. The van der Waals surface area contributed by atoms with Gasteiger partial charge in [0.2, 0.25) is 0 Å². The van der Waals surface area contributed by atoms with Gasteiger partial charge in [-0.2, -0.15) is 5.26 Å². The van der Waals surface area contributed by atoms with Crippen molar-refractivity contribution in [1.82, 2.24) is 19.0 Å². The van der Waals surface area contributed by atoms with E-state index in [1.807, 2.05) is 19.1 Å². The lowest BCUT2D eigenvalue weighted by Crippen LogP contribution is -2.38. The third-order valence-electron chi connectivity index (χ3n) is 4.76. The lowest BCUT2D eigenvalue weighted by Gasteiger charge is -2.22. The highest BCUT2D eigenvalue weighted by Crippen LogP contribution is 2.13. The smallest absolute Gasteiger partial charge is 0.332 e. The van der Waals surface area contributed by atoms with Gasteiger partial charge in [0, 0.05) is 27.2 Å². The van der Waals surface area contributed by atoms with Crippen LogP contribution < -0.4 is 11.2 Å². The minimum absolute atomic E-state index is 0.169. The second kappa shape index (κ2) is 8.10. The standard InChI is InChI=1S/C21H21N5O3/c1-4-11-26(13-15-7-5-14(12-22)6-8-15)20(28)17-10-9-16-18(23-17)24(2)21(29)25(3)19(16)27/h5-10H,4,11,13H2,1-3H3. The number of nitriles is 1. The highest BCUT2D eigenvalue weighted by atomic mass is 16.2. The number of aromatic nitrogens is 3. The molecule has 0 aliphatic rings. The van der Waals surface area contributed by atoms with Crippen LogP contribution in [-0.4, -0.2) is 31.5 Å². The summed E-state index contributed by atoms with van der Waals surface area (Å²) in [5.41, 5.74) is 0.857. The fraction of sp³-hybridized carbons (Fsp3) is 0.286. The number of hydrogen-bond donors (Lipinski definition) is 0. The number of amides is 1. The van der Waals surface area contributed by atoms with Gasteiger partial charge in [0.15, 0.2) is 0 Å². The maximum atomic E-state index is 13.1. The molecule has 0 fully saturated rings. The molecule has 1 amide bonds. The van der Waals surface area contributed by atoms with E-state index < -0.39 is 11.2 Å². The van der Waals surface area contributed by atoms with Crippen molar-refractivity contribution in [3.05, 3.63) is 74.1 Å². The van der Waals surface area contributed by atoms with E-state index in [1.54, 1.807) is 17.0 Å². The Morgan fingerprint density at radius 3 is 2.41 bits per heavy atom. The molecular formula is C21H21N5O3. The molecule has 148 valence electrons. The van der Waals surface area contributed by atoms with Gasteiger partial charge in [-0.05, 0) is 36.2 Å². The Morgan fingerprint density at radius 2 is 1.79 bits per heavy atom. The topological polar surface area (TPSA) is 101 Å². The molecule has 8 heteroatoms. The lowest BCUT2D eigenvalue weighted by molar-refractivity contribution is 0.0737. The van der Waals surface area contributed by atoms with Gasteiger partial charge in [-0.15, -0.1) is 0 Å². The summed E-state index contributed by atoms with van der Waals surface area (Å²) in [4.78, 5) is 43.6. The second-order valence-corrected chi connectivity index (χ2v) is 6.81. The number of benzene rings is 1. The molecule has 0 N–H and O–H groups in total. The number of aryl methyl sites for hydroxylation is 1. The first-order valence-corrected chi connectivity index (χ1v) is 9.22. The van der Waals surface area contributed by atoms with Crippen molar-refractivity contribution in [2.24, 2.45) is 14.1 Å². The molecule has 0 aliphatic heterocycles. The van der Waals surface area contributed by atoms with Gasteiger partial charge in [0.1, 0.15) is 11.3 Å². The maximum absolute atomic E-state index is 13.1. The number of pyridine rings is 1. The van der Waals surface area contributed by atoms with Crippen LogP contribution in [-0.2, 0) is 20.6 Å². The zero-order valence-corrected chi connectivity index (χ0v) is 16.5. The van der Waals surface area contributed by atoms with E-state index >= 15 is 0 Å². The fourth-order valence-corrected chi connectivity index (χ4v) is 3.16. The monoisotopic (exact) mass is 391 g/mol. The molecule has 0 spiro atoms. The molecule has 2 heterocycles. The van der Waals surface area contributed by atoms with E-state index in [0.29, 0.717) is 18.7 Å². The van der Waals surface area contributed by atoms with E-state index in [9.17, 15) is 14.4 Å². The lowest BCUT2D eigenvalue weighted by atomic mass is 10.1. The average Bonchev–Trinajstić information content (AvgIpc) is 2.75. The van der Waals surface area contributed by atoms with Crippen LogP contribution in [0.25, 0.3) is 11.0 Å². The van der Waals surface area contributed by atoms with Gasteiger partial charge in [0.05, 0.1) is 17.0 Å². The van der Waals surface area contributed by atoms with Crippen molar-refractivity contribution in [3.8, 4) is 6.07 Å². The van der Waals surface area contributed by atoms with Gasteiger partial charge in [-0.3, -0.25) is 18.7 Å². The highest BCUT2D eigenvalue weighted by Gasteiger charge is 2.19. The van der Waals surface area contributed by atoms with Gasteiger partial charge < -0.3 is 4.90 Å². The minimum atomic E-state index is -0.498. The third kappa shape index (κ3) is 3.80. The summed E-state index contributed by atoms with van der Waals surface area (Å²) >= 11 is 0. The molecule has 2 aromatic heterocycles. The predicted octanol–water partition coefficient (Wildman–Crippen LogP) is 1.56. The van der Waals surface area contributed by atoms with E-state index in [-0.39, 0.29) is 22.6 Å². The molecular weight excluding hydrogens is 370 g/mol. The molecule has 0 aliphatic carbocycles. The molecule has 0 unspecified atom stereocenters. The summed E-state index contributed by atoms with van der Waals surface area (Å²) in [5.74, 6) is -0.286. The van der Waals surface area contributed by atoms with Crippen molar-refractivity contribution in [3.63, 3.8) is 0 Å². The van der Waals surface area contributed by atoms with E-state index in [1.165, 1.54) is 30.8 Å². The number of rotatable bonds is 5. The van der Waals surface area contributed by atoms with Gasteiger partial charge in [0.25, 0.3) is 11.5 Å². The summed E-state index contributed by atoms with van der Waals surface area (Å²) in [6.07, 6.45) is 0.759. The Labute approximate surface area is 167 Å².